The molecule has 0 saturated carbocycles. The fourth-order valence-corrected chi connectivity index (χ4v) is 3.71. The van der Waals surface area contributed by atoms with Gasteiger partial charge in [0.1, 0.15) is 6.61 Å². The fourth-order valence-electron chi connectivity index (χ4n) is 3.71. The second kappa shape index (κ2) is 9.24. The molecule has 4 rings (SSSR count). The van der Waals surface area contributed by atoms with Crippen molar-refractivity contribution in [3.8, 4) is 0 Å². The van der Waals surface area contributed by atoms with Crippen LogP contribution < -0.4 is 5.56 Å². The lowest BCUT2D eigenvalue weighted by Crippen LogP contribution is -2.24. The number of hydrogen-bond donors (Lipinski definition) is 0. The van der Waals surface area contributed by atoms with Gasteiger partial charge in [0.2, 0.25) is 0 Å². The summed E-state index contributed by atoms with van der Waals surface area (Å²) in [6.07, 6.45) is 1.86. The van der Waals surface area contributed by atoms with Crippen LogP contribution in [0.25, 0.3) is 10.9 Å². The van der Waals surface area contributed by atoms with Gasteiger partial charge in [-0.05, 0) is 42.0 Å². The van der Waals surface area contributed by atoms with E-state index in [0.717, 1.165) is 29.3 Å². The molecule has 6 nitrogen and oxygen atoms in total. The Kier molecular flexibility index (Phi) is 6.26. The van der Waals surface area contributed by atoms with Gasteiger partial charge in [-0.25, -0.2) is 4.79 Å². The topological polar surface area (TPSA) is 66.8 Å². The minimum Gasteiger partial charge on any atom is -0.457 e. The number of aryl methyl sites for hydroxylation is 1. The number of aromatic nitrogens is 1. The van der Waals surface area contributed by atoms with Crippen molar-refractivity contribution in [2.45, 2.75) is 32.2 Å². The van der Waals surface area contributed by atoms with Crippen molar-refractivity contribution in [3.05, 3.63) is 81.6 Å². The van der Waals surface area contributed by atoms with Crippen molar-refractivity contribution < 1.29 is 19.0 Å². The molecule has 1 saturated heterocycles. The zero-order chi connectivity index (χ0) is 20.9. The summed E-state index contributed by atoms with van der Waals surface area (Å²) in [5.41, 5.74) is 2.36. The lowest BCUT2D eigenvalue weighted by atomic mass is 10.1. The van der Waals surface area contributed by atoms with Crippen LogP contribution in [0.4, 0.5) is 0 Å². The molecule has 0 spiro atoms. The summed E-state index contributed by atoms with van der Waals surface area (Å²) in [5.74, 6) is -0.462. The van der Waals surface area contributed by atoms with E-state index in [9.17, 15) is 9.59 Å². The number of fused-ring (bicyclic) bond motifs is 1. The van der Waals surface area contributed by atoms with E-state index in [-0.39, 0.29) is 18.3 Å². The Morgan fingerprint density at radius 3 is 2.60 bits per heavy atom. The lowest BCUT2D eigenvalue weighted by Gasteiger charge is -2.22. The molecule has 0 aliphatic carbocycles. The monoisotopic (exact) mass is 407 g/mol. The van der Waals surface area contributed by atoms with Crippen LogP contribution in [-0.2, 0) is 34.5 Å². The number of carbonyl (C=O) groups excluding carboxylic acids is 1. The first-order valence-electron chi connectivity index (χ1n) is 10.2. The number of pyridine rings is 1. The minimum absolute atomic E-state index is 0.0779. The van der Waals surface area contributed by atoms with Crippen molar-refractivity contribution in [3.63, 3.8) is 0 Å². The quantitative estimate of drug-likeness (QED) is 0.584. The normalized spacial score (nSPS) is 14.7. The van der Waals surface area contributed by atoms with Crippen molar-refractivity contribution in [1.82, 2.24) is 4.57 Å². The van der Waals surface area contributed by atoms with Crippen LogP contribution >= 0.6 is 0 Å². The molecule has 0 N–H and O–H groups in total. The van der Waals surface area contributed by atoms with Gasteiger partial charge in [-0.2, -0.15) is 0 Å². The van der Waals surface area contributed by atoms with Crippen molar-refractivity contribution in [2.24, 2.45) is 7.05 Å². The third-order valence-electron chi connectivity index (χ3n) is 5.45. The van der Waals surface area contributed by atoms with Crippen LogP contribution in [-0.4, -0.2) is 29.9 Å². The Labute approximate surface area is 175 Å². The molecule has 1 aliphatic rings. The summed E-state index contributed by atoms with van der Waals surface area (Å²) in [4.78, 5) is 25.4. The number of para-hydroxylation sites is 1. The third kappa shape index (κ3) is 4.45. The molecular weight excluding hydrogens is 382 g/mol. The van der Waals surface area contributed by atoms with Crippen molar-refractivity contribution >= 4 is 16.9 Å². The number of benzene rings is 2. The first-order chi connectivity index (χ1) is 14.6. The molecule has 2 aromatic carbocycles. The Morgan fingerprint density at radius 1 is 1.03 bits per heavy atom. The smallest absolute Gasteiger partial charge is 0.338 e. The van der Waals surface area contributed by atoms with E-state index in [1.165, 1.54) is 0 Å². The predicted molar refractivity (Wildman–Crippen MR) is 113 cm³/mol. The maximum atomic E-state index is 12.7. The van der Waals surface area contributed by atoms with Crippen LogP contribution in [0.3, 0.4) is 0 Å². The fraction of sp³-hybridized carbons (Fsp3) is 0.333. The maximum absolute atomic E-state index is 12.7. The highest BCUT2D eigenvalue weighted by molar-refractivity contribution is 5.91. The summed E-state index contributed by atoms with van der Waals surface area (Å²) in [6.45, 7) is 1.67. The van der Waals surface area contributed by atoms with Crippen LogP contribution in [0.5, 0.6) is 0 Å². The van der Waals surface area contributed by atoms with Crippen molar-refractivity contribution in [2.75, 3.05) is 13.2 Å². The van der Waals surface area contributed by atoms with Gasteiger partial charge in [0, 0.05) is 20.3 Å². The molecule has 0 bridgehead atoms. The van der Waals surface area contributed by atoms with Crippen LogP contribution in [0.2, 0.25) is 0 Å². The molecule has 1 aromatic heterocycles. The number of hydrogen-bond acceptors (Lipinski definition) is 5. The minimum atomic E-state index is -0.462. The van der Waals surface area contributed by atoms with E-state index >= 15 is 0 Å². The van der Waals surface area contributed by atoms with Crippen molar-refractivity contribution in [1.29, 1.82) is 0 Å². The molecule has 0 unspecified atom stereocenters. The van der Waals surface area contributed by atoms with Gasteiger partial charge < -0.3 is 18.8 Å². The first kappa shape index (κ1) is 20.3. The average molecular weight is 407 g/mol. The Balaban J connectivity index is 1.46. The molecule has 0 radical (unpaired) electrons. The second-order valence-corrected chi connectivity index (χ2v) is 7.45. The SMILES string of the molecule is Cn1c(=O)c(COC(=O)c2ccccc2COC2CCOCC2)cc2ccccc21. The van der Waals surface area contributed by atoms with E-state index in [1.54, 1.807) is 29.8 Å². The standard InChI is InChI=1S/C24H25NO5/c1-25-22-9-5-3-6-17(22)14-19(23(25)26)16-30-24(27)21-8-4-2-7-18(21)15-29-20-10-12-28-13-11-20/h2-9,14,20H,10-13,15-16H2,1H3. The summed E-state index contributed by atoms with van der Waals surface area (Å²) in [5, 5.41) is 0.927. The van der Waals surface area contributed by atoms with Gasteiger partial charge in [-0.1, -0.05) is 36.4 Å². The summed E-state index contributed by atoms with van der Waals surface area (Å²) < 4.78 is 18.4. The highest BCUT2D eigenvalue weighted by Crippen LogP contribution is 2.18. The molecule has 6 heteroatoms. The zero-order valence-electron chi connectivity index (χ0n) is 17.0. The first-order valence-corrected chi connectivity index (χ1v) is 10.2. The molecule has 0 atom stereocenters. The van der Waals surface area contributed by atoms with E-state index in [4.69, 9.17) is 14.2 Å². The second-order valence-electron chi connectivity index (χ2n) is 7.45. The summed E-state index contributed by atoms with van der Waals surface area (Å²) >= 11 is 0. The van der Waals surface area contributed by atoms with Crippen LogP contribution in [0.1, 0.15) is 34.3 Å². The van der Waals surface area contributed by atoms with E-state index in [1.807, 2.05) is 36.4 Å². The highest BCUT2D eigenvalue weighted by Gasteiger charge is 2.18. The molecule has 156 valence electrons. The molecule has 30 heavy (non-hydrogen) atoms. The third-order valence-corrected chi connectivity index (χ3v) is 5.45. The molecule has 2 heterocycles. The van der Waals surface area contributed by atoms with Crippen LogP contribution in [0, 0.1) is 0 Å². The summed E-state index contributed by atoms with van der Waals surface area (Å²) in [6, 6.07) is 16.7. The Hall–Kier alpha value is -2.96. The molecule has 1 aliphatic heterocycles. The molecular formula is C24H25NO5. The Bertz CT molecular complexity index is 1100. The Morgan fingerprint density at radius 2 is 1.77 bits per heavy atom. The molecule has 3 aromatic rings. The van der Waals surface area contributed by atoms with Gasteiger partial charge in [0.15, 0.2) is 0 Å². The van der Waals surface area contributed by atoms with E-state index in [0.29, 0.717) is 30.9 Å². The molecule has 1 fully saturated rings. The number of carbonyl (C=O) groups is 1. The number of ether oxygens (including phenoxy) is 3. The maximum Gasteiger partial charge on any atom is 0.338 e. The van der Waals surface area contributed by atoms with Gasteiger partial charge in [0.25, 0.3) is 5.56 Å². The van der Waals surface area contributed by atoms with E-state index in [2.05, 4.69) is 0 Å². The average Bonchev–Trinajstić information content (AvgIpc) is 2.80. The zero-order valence-corrected chi connectivity index (χ0v) is 17.0. The lowest BCUT2D eigenvalue weighted by molar-refractivity contribution is -0.0393. The summed E-state index contributed by atoms with van der Waals surface area (Å²) in [7, 11) is 1.72. The number of rotatable bonds is 6. The van der Waals surface area contributed by atoms with E-state index < -0.39 is 5.97 Å². The molecule has 0 amide bonds. The predicted octanol–water partition coefficient (Wildman–Crippen LogP) is 3.59. The largest absolute Gasteiger partial charge is 0.457 e. The van der Waals surface area contributed by atoms with Gasteiger partial charge >= 0.3 is 5.97 Å². The highest BCUT2D eigenvalue weighted by atomic mass is 16.5. The van der Waals surface area contributed by atoms with Gasteiger partial charge in [-0.3, -0.25) is 4.79 Å². The van der Waals surface area contributed by atoms with Gasteiger partial charge in [-0.15, -0.1) is 0 Å². The number of esters is 1. The van der Waals surface area contributed by atoms with Gasteiger partial charge in [0.05, 0.1) is 29.4 Å². The van der Waals surface area contributed by atoms with Crippen LogP contribution in [0.15, 0.2) is 59.4 Å². The number of nitrogens with zero attached hydrogens (tertiary/aromatic N) is 1.